The van der Waals surface area contributed by atoms with Gasteiger partial charge in [-0.2, -0.15) is 0 Å². The number of alkyl halides is 1. The third-order valence-corrected chi connectivity index (χ3v) is 3.15. The van der Waals surface area contributed by atoms with Crippen molar-refractivity contribution >= 4 is 27.5 Å². The molecule has 0 aromatic heterocycles. The molecule has 0 fully saturated rings. The van der Waals surface area contributed by atoms with Gasteiger partial charge >= 0.3 is 5.97 Å². The first-order chi connectivity index (χ1) is 8.63. The number of methoxy groups -OCH3 is 1. The normalized spacial score (nSPS) is 13.0. The zero-order chi connectivity index (χ0) is 13.5. The number of rotatable bonds is 5. The molecule has 0 spiro atoms. The molecule has 0 N–H and O–H groups in total. The molecule has 1 atom stereocenters. The van der Waals surface area contributed by atoms with Crippen molar-refractivity contribution in [1.29, 1.82) is 0 Å². The predicted octanol–water partition coefficient (Wildman–Crippen LogP) is 3.33. The lowest BCUT2D eigenvalue weighted by Gasteiger charge is -2.13. The van der Waals surface area contributed by atoms with Gasteiger partial charge < -0.3 is 9.47 Å². The molecule has 0 saturated heterocycles. The Labute approximate surface area is 114 Å². The van der Waals surface area contributed by atoms with Crippen LogP contribution >= 0.6 is 15.9 Å². The van der Waals surface area contributed by atoms with Crippen molar-refractivity contribution in [2.75, 3.05) is 13.7 Å². The first-order valence-corrected chi connectivity index (χ1v) is 6.31. The molecular formula is C13H14BrFO3. The Morgan fingerprint density at radius 1 is 1.56 bits per heavy atom. The van der Waals surface area contributed by atoms with Gasteiger partial charge in [0.25, 0.3) is 0 Å². The lowest BCUT2D eigenvalue weighted by Crippen LogP contribution is -2.18. The molecule has 98 valence electrons. The van der Waals surface area contributed by atoms with E-state index in [1.54, 1.807) is 31.2 Å². The second-order valence-corrected chi connectivity index (χ2v) is 4.33. The van der Waals surface area contributed by atoms with Crippen molar-refractivity contribution in [1.82, 2.24) is 0 Å². The molecule has 18 heavy (non-hydrogen) atoms. The molecule has 1 unspecified atom stereocenters. The van der Waals surface area contributed by atoms with E-state index in [4.69, 9.17) is 9.47 Å². The van der Waals surface area contributed by atoms with Crippen molar-refractivity contribution in [2.24, 2.45) is 0 Å². The van der Waals surface area contributed by atoms with Crippen LogP contribution in [0.1, 0.15) is 12.5 Å². The highest BCUT2D eigenvalue weighted by Crippen LogP contribution is 2.27. The summed E-state index contributed by atoms with van der Waals surface area (Å²) in [6.07, 6.45) is 0.394. The Morgan fingerprint density at radius 3 is 2.83 bits per heavy atom. The van der Waals surface area contributed by atoms with E-state index in [1.165, 1.54) is 7.11 Å². The second kappa shape index (κ2) is 7.16. The van der Waals surface area contributed by atoms with E-state index in [9.17, 15) is 9.18 Å². The highest BCUT2D eigenvalue weighted by Gasteiger charge is 2.22. The smallest absolute Gasteiger partial charge is 0.324 e. The fourth-order valence-corrected chi connectivity index (χ4v) is 1.91. The zero-order valence-electron chi connectivity index (χ0n) is 10.2. The van der Waals surface area contributed by atoms with Gasteiger partial charge in [-0.3, -0.25) is 4.79 Å². The summed E-state index contributed by atoms with van der Waals surface area (Å²) < 4.78 is 22.9. The van der Waals surface area contributed by atoms with Gasteiger partial charge in [-0.15, -0.1) is 0 Å². The Bertz CT molecular complexity index is 446. The lowest BCUT2D eigenvalue weighted by atomic mass is 10.0. The van der Waals surface area contributed by atoms with E-state index in [2.05, 4.69) is 15.9 Å². The summed E-state index contributed by atoms with van der Waals surface area (Å²) in [6, 6.07) is 6.82. The van der Waals surface area contributed by atoms with E-state index in [1.807, 2.05) is 0 Å². The first kappa shape index (κ1) is 14.7. The molecule has 1 aromatic rings. The van der Waals surface area contributed by atoms with E-state index in [-0.39, 0.29) is 12.2 Å². The maximum atomic E-state index is 13.0. The fraction of sp³-hybridized carbons (Fsp3) is 0.308. The van der Waals surface area contributed by atoms with Crippen LogP contribution in [-0.2, 0) is 9.53 Å². The van der Waals surface area contributed by atoms with Crippen molar-refractivity contribution in [3.63, 3.8) is 0 Å². The van der Waals surface area contributed by atoms with Gasteiger partial charge in [0.1, 0.15) is 10.6 Å². The molecule has 1 rings (SSSR count). The Hall–Kier alpha value is -1.36. The van der Waals surface area contributed by atoms with Crippen molar-refractivity contribution in [3.8, 4) is 5.75 Å². The van der Waals surface area contributed by atoms with Gasteiger partial charge in [0, 0.05) is 5.57 Å². The molecular weight excluding hydrogens is 303 g/mol. The van der Waals surface area contributed by atoms with Gasteiger partial charge in [0.15, 0.2) is 0 Å². The van der Waals surface area contributed by atoms with Crippen molar-refractivity contribution < 1.29 is 18.7 Å². The average molecular weight is 317 g/mol. The molecule has 0 heterocycles. The van der Waals surface area contributed by atoms with E-state index in [0.29, 0.717) is 17.6 Å². The summed E-state index contributed by atoms with van der Waals surface area (Å²) in [5.74, 6) is 0.0691. The van der Waals surface area contributed by atoms with Crippen LogP contribution in [0, 0.1) is 0 Å². The highest BCUT2D eigenvalue weighted by molar-refractivity contribution is 9.10. The topological polar surface area (TPSA) is 35.5 Å². The van der Waals surface area contributed by atoms with Crippen LogP contribution in [0.15, 0.2) is 30.6 Å². The molecule has 3 nitrogen and oxygen atoms in total. The van der Waals surface area contributed by atoms with E-state index >= 15 is 0 Å². The number of ether oxygens (including phenoxy) is 2. The van der Waals surface area contributed by atoms with Crippen LogP contribution in [0.3, 0.4) is 0 Å². The number of halogens is 2. The van der Waals surface area contributed by atoms with Crippen LogP contribution in [0.5, 0.6) is 5.75 Å². The zero-order valence-corrected chi connectivity index (χ0v) is 11.7. The number of hydrogen-bond donors (Lipinski definition) is 0. The monoisotopic (exact) mass is 316 g/mol. The van der Waals surface area contributed by atoms with Crippen LogP contribution in [0.2, 0.25) is 0 Å². The molecule has 0 bridgehead atoms. The van der Waals surface area contributed by atoms with E-state index < -0.39 is 10.8 Å². The number of esters is 1. The summed E-state index contributed by atoms with van der Waals surface area (Å²) in [5, 5.41) is 0. The van der Waals surface area contributed by atoms with Gasteiger partial charge in [-0.1, -0.05) is 28.1 Å². The molecule has 0 aliphatic rings. The second-order valence-electron chi connectivity index (χ2n) is 3.41. The first-order valence-electron chi connectivity index (χ1n) is 5.39. The molecule has 0 saturated carbocycles. The number of carbonyl (C=O) groups excluding carboxylic acids is 1. The Morgan fingerprint density at radius 2 is 2.28 bits per heavy atom. The third kappa shape index (κ3) is 3.57. The summed E-state index contributed by atoms with van der Waals surface area (Å²) in [7, 11) is 1.52. The summed E-state index contributed by atoms with van der Waals surface area (Å²) in [4.78, 5) is 10.7. The Kier molecular flexibility index (Phi) is 5.85. The fourth-order valence-electron chi connectivity index (χ4n) is 1.41. The maximum Gasteiger partial charge on any atom is 0.324 e. The maximum absolute atomic E-state index is 13.0. The summed E-state index contributed by atoms with van der Waals surface area (Å²) >= 11 is 3.13. The van der Waals surface area contributed by atoms with Gasteiger partial charge in [0.2, 0.25) is 0 Å². The Balaban J connectivity index is 2.99. The number of benzene rings is 1. The van der Waals surface area contributed by atoms with Crippen LogP contribution < -0.4 is 4.74 Å². The largest absolute Gasteiger partial charge is 0.497 e. The highest BCUT2D eigenvalue weighted by atomic mass is 79.9. The molecule has 0 aliphatic heterocycles. The van der Waals surface area contributed by atoms with Gasteiger partial charge in [-0.25, -0.2) is 4.39 Å². The summed E-state index contributed by atoms with van der Waals surface area (Å²) in [5.41, 5.74) is 0.763. The van der Waals surface area contributed by atoms with Gasteiger partial charge in [-0.05, 0) is 24.6 Å². The van der Waals surface area contributed by atoms with Gasteiger partial charge in [0.05, 0.1) is 20.0 Å². The molecule has 1 aromatic carbocycles. The van der Waals surface area contributed by atoms with E-state index in [0.717, 1.165) is 0 Å². The minimum absolute atomic E-state index is 0.201. The number of carbonyl (C=O) groups is 1. The van der Waals surface area contributed by atoms with Crippen LogP contribution in [-0.4, -0.2) is 24.5 Å². The molecule has 0 radical (unpaired) electrons. The minimum Gasteiger partial charge on any atom is -0.497 e. The SMILES string of the molecule is CCOC(=O)C(Br)C(=CF)c1cccc(OC)c1. The quantitative estimate of drug-likeness (QED) is 0.617. The van der Waals surface area contributed by atoms with Crippen molar-refractivity contribution in [2.45, 2.75) is 11.8 Å². The molecule has 0 aliphatic carbocycles. The van der Waals surface area contributed by atoms with Crippen molar-refractivity contribution in [3.05, 3.63) is 36.2 Å². The number of hydrogen-bond acceptors (Lipinski definition) is 3. The van der Waals surface area contributed by atoms with Crippen LogP contribution in [0.4, 0.5) is 4.39 Å². The average Bonchev–Trinajstić information content (AvgIpc) is 2.40. The standard InChI is InChI=1S/C13H14BrFO3/c1-3-18-13(16)12(14)11(8-15)9-5-4-6-10(7-9)17-2/h4-8,12H,3H2,1-2H3. The lowest BCUT2D eigenvalue weighted by molar-refractivity contribution is -0.141. The third-order valence-electron chi connectivity index (χ3n) is 2.29. The van der Waals surface area contributed by atoms with Crippen LogP contribution in [0.25, 0.3) is 5.57 Å². The minimum atomic E-state index is -0.838. The molecule has 0 amide bonds. The predicted molar refractivity (Wildman–Crippen MR) is 71.4 cm³/mol. The molecule has 5 heteroatoms. The summed E-state index contributed by atoms with van der Waals surface area (Å²) in [6.45, 7) is 1.95.